The van der Waals surface area contributed by atoms with E-state index < -0.39 is 0 Å². The first-order chi connectivity index (χ1) is 7.50. The van der Waals surface area contributed by atoms with Crippen LogP contribution in [0.3, 0.4) is 0 Å². The quantitative estimate of drug-likeness (QED) is 0.750. The summed E-state index contributed by atoms with van der Waals surface area (Å²) in [6.07, 6.45) is 0.521. The van der Waals surface area contributed by atoms with Crippen LogP contribution in [0.25, 0.3) is 0 Å². The van der Waals surface area contributed by atoms with E-state index in [1.54, 1.807) is 4.90 Å². The standard InChI is InChI=1S/C10H16N2O2S2/c1-7(2)5-8(13)11-3-4-12-9(14)6-16-10(12)15/h7H,3-6H2,1-2H3,(H,11,13). The van der Waals surface area contributed by atoms with Crippen molar-refractivity contribution in [1.29, 1.82) is 0 Å². The highest BCUT2D eigenvalue weighted by atomic mass is 32.2. The van der Waals surface area contributed by atoms with Crippen molar-refractivity contribution in [3.63, 3.8) is 0 Å². The van der Waals surface area contributed by atoms with Crippen LogP contribution in [0.15, 0.2) is 0 Å². The molecule has 0 atom stereocenters. The van der Waals surface area contributed by atoms with Crippen LogP contribution in [-0.4, -0.2) is 39.9 Å². The van der Waals surface area contributed by atoms with Crippen LogP contribution in [0, 0.1) is 5.92 Å². The summed E-state index contributed by atoms with van der Waals surface area (Å²) in [6, 6.07) is 0. The predicted octanol–water partition coefficient (Wildman–Crippen LogP) is 1.01. The first-order valence-electron chi connectivity index (χ1n) is 5.24. The zero-order valence-corrected chi connectivity index (χ0v) is 11.1. The third-order valence-corrected chi connectivity index (χ3v) is 3.52. The Morgan fingerprint density at radius 2 is 2.31 bits per heavy atom. The van der Waals surface area contributed by atoms with Gasteiger partial charge in [0.1, 0.15) is 4.32 Å². The van der Waals surface area contributed by atoms with E-state index in [0.717, 1.165) is 0 Å². The maximum absolute atomic E-state index is 11.3. The van der Waals surface area contributed by atoms with Gasteiger partial charge in [0.25, 0.3) is 0 Å². The van der Waals surface area contributed by atoms with Gasteiger partial charge < -0.3 is 5.32 Å². The van der Waals surface area contributed by atoms with Crippen molar-refractivity contribution >= 4 is 40.1 Å². The molecule has 1 rings (SSSR count). The fourth-order valence-electron chi connectivity index (χ4n) is 1.35. The van der Waals surface area contributed by atoms with Gasteiger partial charge in [-0.1, -0.05) is 37.8 Å². The third kappa shape index (κ3) is 4.09. The minimum atomic E-state index is 0.0280. The van der Waals surface area contributed by atoms with Gasteiger partial charge in [-0.15, -0.1) is 0 Å². The molecule has 0 aliphatic carbocycles. The number of rotatable bonds is 5. The molecule has 1 N–H and O–H groups in total. The number of thioether (sulfide) groups is 1. The average Bonchev–Trinajstić information content (AvgIpc) is 2.47. The number of carbonyl (C=O) groups is 2. The predicted molar refractivity (Wildman–Crippen MR) is 69.2 cm³/mol. The van der Waals surface area contributed by atoms with Gasteiger partial charge in [0, 0.05) is 19.5 Å². The van der Waals surface area contributed by atoms with E-state index in [9.17, 15) is 9.59 Å². The molecule has 0 unspecified atom stereocenters. The highest BCUT2D eigenvalue weighted by molar-refractivity contribution is 8.23. The van der Waals surface area contributed by atoms with Gasteiger partial charge in [-0.25, -0.2) is 0 Å². The molecule has 0 bridgehead atoms. The van der Waals surface area contributed by atoms with Crippen molar-refractivity contribution in [1.82, 2.24) is 10.2 Å². The van der Waals surface area contributed by atoms with Crippen molar-refractivity contribution in [2.45, 2.75) is 20.3 Å². The fraction of sp³-hybridized carbons (Fsp3) is 0.700. The van der Waals surface area contributed by atoms with Crippen LogP contribution in [0.1, 0.15) is 20.3 Å². The lowest BCUT2D eigenvalue weighted by Gasteiger charge is -2.15. The van der Waals surface area contributed by atoms with E-state index >= 15 is 0 Å². The van der Waals surface area contributed by atoms with Crippen molar-refractivity contribution in [3.05, 3.63) is 0 Å². The Morgan fingerprint density at radius 3 is 2.81 bits per heavy atom. The molecule has 16 heavy (non-hydrogen) atoms. The van der Waals surface area contributed by atoms with Crippen LogP contribution < -0.4 is 5.32 Å². The minimum Gasteiger partial charge on any atom is -0.354 e. The Bertz CT molecular complexity index is 289. The normalized spacial score (nSPS) is 16.1. The lowest BCUT2D eigenvalue weighted by molar-refractivity contribution is -0.125. The summed E-state index contributed by atoms with van der Waals surface area (Å²) in [5.74, 6) is 0.845. The SMILES string of the molecule is CC(C)CC(=O)NCCN1C(=O)CSC1=S. The van der Waals surface area contributed by atoms with Crippen LogP contribution in [0.4, 0.5) is 0 Å². The molecule has 6 heteroatoms. The number of hydrogen-bond acceptors (Lipinski definition) is 4. The second kappa shape index (κ2) is 6.20. The molecule has 0 radical (unpaired) electrons. The molecule has 4 nitrogen and oxygen atoms in total. The van der Waals surface area contributed by atoms with E-state index in [1.165, 1.54) is 11.8 Å². The van der Waals surface area contributed by atoms with Crippen LogP contribution in [-0.2, 0) is 9.59 Å². The molecule has 1 saturated heterocycles. The molecule has 1 fully saturated rings. The monoisotopic (exact) mass is 260 g/mol. The van der Waals surface area contributed by atoms with Gasteiger partial charge in [-0.2, -0.15) is 0 Å². The van der Waals surface area contributed by atoms with Crippen molar-refractivity contribution < 1.29 is 9.59 Å². The first-order valence-corrected chi connectivity index (χ1v) is 6.64. The Labute approximate surface area is 105 Å². The molecular weight excluding hydrogens is 244 g/mol. The summed E-state index contributed by atoms with van der Waals surface area (Å²) in [7, 11) is 0. The molecule has 2 amide bonds. The Hall–Kier alpha value is -0.620. The van der Waals surface area contributed by atoms with E-state index in [4.69, 9.17) is 12.2 Å². The summed E-state index contributed by atoms with van der Waals surface area (Å²) in [5, 5.41) is 2.78. The summed E-state index contributed by atoms with van der Waals surface area (Å²) >= 11 is 6.40. The fourth-order valence-corrected chi connectivity index (χ4v) is 2.47. The number of thiocarbonyl (C=S) groups is 1. The van der Waals surface area contributed by atoms with Crippen molar-refractivity contribution in [3.8, 4) is 0 Å². The molecule has 90 valence electrons. The summed E-state index contributed by atoms with van der Waals surface area (Å²) in [4.78, 5) is 24.2. The van der Waals surface area contributed by atoms with Gasteiger partial charge in [-0.3, -0.25) is 14.5 Å². The molecule has 0 aromatic heterocycles. The van der Waals surface area contributed by atoms with Crippen LogP contribution in [0.5, 0.6) is 0 Å². The first kappa shape index (κ1) is 13.4. The van der Waals surface area contributed by atoms with Crippen molar-refractivity contribution in [2.75, 3.05) is 18.8 Å². The zero-order valence-electron chi connectivity index (χ0n) is 9.49. The number of carbonyl (C=O) groups excluding carboxylic acids is 2. The van der Waals surface area contributed by atoms with Gasteiger partial charge in [0.05, 0.1) is 5.75 Å². The second-order valence-electron chi connectivity index (χ2n) is 4.05. The average molecular weight is 260 g/mol. The zero-order chi connectivity index (χ0) is 12.1. The lowest BCUT2D eigenvalue weighted by atomic mass is 10.1. The third-order valence-electron chi connectivity index (χ3n) is 2.09. The minimum absolute atomic E-state index is 0.0280. The number of nitrogens with zero attached hydrogens (tertiary/aromatic N) is 1. The van der Waals surface area contributed by atoms with Gasteiger partial charge in [0.2, 0.25) is 11.8 Å². The summed E-state index contributed by atoms with van der Waals surface area (Å²) in [5.41, 5.74) is 0. The summed E-state index contributed by atoms with van der Waals surface area (Å²) < 4.78 is 0.614. The number of amides is 2. The number of hydrogen-bond donors (Lipinski definition) is 1. The van der Waals surface area contributed by atoms with Gasteiger partial charge >= 0.3 is 0 Å². The highest BCUT2D eigenvalue weighted by Crippen LogP contribution is 2.18. The Morgan fingerprint density at radius 1 is 1.62 bits per heavy atom. The molecule has 0 saturated carbocycles. The molecule has 1 aliphatic heterocycles. The van der Waals surface area contributed by atoms with Crippen molar-refractivity contribution in [2.24, 2.45) is 5.92 Å². The topological polar surface area (TPSA) is 49.4 Å². The molecule has 1 heterocycles. The Balaban J connectivity index is 2.22. The summed E-state index contributed by atoms with van der Waals surface area (Å²) in [6.45, 7) is 4.94. The molecular formula is C10H16N2O2S2. The lowest BCUT2D eigenvalue weighted by Crippen LogP contribution is -2.37. The van der Waals surface area contributed by atoms with E-state index in [-0.39, 0.29) is 11.8 Å². The van der Waals surface area contributed by atoms with E-state index in [0.29, 0.717) is 35.5 Å². The van der Waals surface area contributed by atoms with Gasteiger partial charge in [0.15, 0.2) is 0 Å². The Kier molecular flexibility index (Phi) is 5.21. The van der Waals surface area contributed by atoms with Crippen LogP contribution in [0.2, 0.25) is 0 Å². The molecule has 0 spiro atoms. The molecule has 0 aromatic carbocycles. The smallest absolute Gasteiger partial charge is 0.238 e. The highest BCUT2D eigenvalue weighted by Gasteiger charge is 2.25. The number of nitrogens with one attached hydrogen (secondary N) is 1. The van der Waals surface area contributed by atoms with Gasteiger partial charge in [-0.05, 0) is 5.92 Å². The van der Waals surface area contributed by atoms with E-state index in [2.05, 4.69) is 5.32 Å². The second-order valence-corrected chi connectivity index (χ2v) is 5.66. The van der Waals surface area contributed by atoms with E-state index in [1.807, 2.05) is 13.8 Å². The molecule has 1 aliphatic rings. The maximum atomic E-state index is 11.3. The largest absolute Gasteiger partial charge is 0.354 e. The maximum Gasteiger partial charge on any atom is 0.238 e. The molecule has 0 aromatic rings. The van der Waals surface area contributed by atoms with Crippen LogP contribution >= 0.6 is 24.0 Å².